The van der Waals surface area contributed by atoms with Crippen molar-refractivity contribution in [1.29, 1.82) is 0 Å². The molecule has 1 saturated heterocycles. The van der Waals surface area contributed by atoms with Gasteiger partial charge in [0.1, 0.15) is 0 Å². The molecule has 0 aliphatic carbocycles. The predicted octanol–water partition coefficient (Wildman–Crippen LogP) is 2.52. The van der Waals surface area contributed by atoms with Gasteiger partial charge in [0.2, 0.25) is 5.91 Å². The lowest BCUT2D eigenvalue weighted by Crippen LogP contribution is -2.51. The number of carbonyl (C=O) groups is 1. The van der Waals surface area contributed by atoms with E-state index < -0.39 is 0 Å². The number of para-hydroxylation sites is 1. The molecule has 1 aromatic rings. The van der Waals surface area contributed by atoms with Crippen molar-refractivity contribution in [2.45, 2.75) is 45.8 Å². The molecule has 2 rings (SSSR count). The van der Waals surface area contributed by atoms with Gasteiger partial charge in [0.05, 0.1) is 12.1 Å². The van der Waals surface area contributed by atoms with E-state index in [1.54, 1.807) is 0 Å². The quantitative estimate of drug-likeness (QED) is 0.909. The zero-order valence-electron chi connectivity index (χ0n) is 13.9. The maximum absolute atomic E-state index is 12.9. The van der Waals surface area contributed by atoms with Crippen molar-refractivity contribution in [3.05, 3.63) is 30.3 Å². The summed E-state index contributed by atoms with van der Waals surface area (Å²) < 4.78 is 0. The Labute approximate surface area is 133 Å². The summed E-state index contributed by atoms with van der Waals surface area (Å²) in [6.07, 6.45) is 1.79. The van der Waals surface area contributed by atoms with Gasteiger partial charge in [-0.15, -0.1) is 0 Å². The van der Waals surface area contributed by atoms with E-state index in [2.05, 4.69) is 4.90 Å². The Balaban J connectivity index is 2.07. The molecule has 22 heavy (non-hydrogen) atoms. The number of aliphatic hydroxyl groups is 1. The zero-order valence-corrected chi connectivity index (χ0v) is 13.9. The predicted molar refractivity (Wildman–Crippen MR) is 89.9 cm³/mol. The summed E-state index contributed by atoms with van der Waals surface area (Å²) in [6, 6.07) is 9.68. The Hall–Kier alpha value is -1.39. The van der Waals surface area contributed by atoms with Crippen molar-refractivity contribution in [3.63, 3.8) is 0 Å². The van der Waals surface area contributed by atoms with Crippen LogP contribution in [-0.4, -0.2) is 47.7 Å². The number of anilines is 1. The lowest BCUT2D eigenvalue weighted by Gasteiger charge is -2.38. The number of hydrogen-bond acceptors (Lipinski definition) is 3. The number of piperidine rings is 1. The monoisotopic (exact) mass is 304 g/mol. The maximum atomic E-state index is 12.9. The Bertz CT molecular complexity index is 475. The highest BCUT2D eigenvalue weighted by Crippen LogP contribution is 2.23. The van der Waals surface area contributed by atoms with Crippen molar-refractivity contribution >= 4 is 11.6 Å². The molecule has 0 aromatic heterocycles. The van der Waals surface area contributed by atoms with E-state index in [9.17, 15) is 9.90 Å². The van der Waals surface area contributed by atoms with E-state index in [0.717, 1.165) is 31.6 Å². The number of rotatable bonds is 5. The molecule has 0 radical (unpaired) electrons. The topological polar surface area (TPSA) is 43.8 Å². The molecule has 0 spiro atoms. The summed E-state index contributed by atoms with van der Waals surface area (Å²) in [7, 11) is 0. The van der Waals surface area contributed by atoms with Gasteiger partial charge in [-0.3, -0.25) is 9.69 Å². The highest BCUT2D eigenvalue weighted by Gasteiger charge is 2.31. The first kappa shape index (κ1) is 17.0. The van der Waals surface area contributed by atoms with E-state index >= 15 is 0 Å². The number of benzene rings is 1. The Morgan fingerprint density at radius 2 is 2.05 bits per heavy atom. The molecule has 1 heterocycles. The fourth-order valence-corrected chi connectivity index (χ4v) is 3.24. The van der Waals surface area contributed by atoms with E-state index in [0.29, 0.717) is 6.54 Å². The summed E-state index contributed by atoms with van der Waals surface area (Å²) in [5, 5.41) is 9.83. The molecule has 122 valence electrons. The molecule has 1 aliphatic rings. The van der Waals surface area contributed by atoms with Gasteiger partial charge in [0, 0.05) is 18.8 Å². The van der Waals surface area contributed by atoms with Gasteiger partial charge in [0.15, 0.2) is 0 Å². The second kappa shape index (κ2) is 7.75. The fourth-order valence-electron chi connectivity index (χ4n) is 3.24. The summed E-state index contributed by atoms with van der Waals surface area (Å²) in [5.74, 6) is 0.413. The van der Waals surface area contributed by atoms with Gasteiger partial charge in [-0.1, -0.05) is 18.2 Å². The van der Waals surface area contributed by atoms with Gasteiger partial charge in [-0.25, -0.2) is 0 Å². The largest absolute Gasteiger partial charge is 0.393 e. The van der Waals surface area contributed by atoms with Gasteiger partial charge in [0.25, 0.3) is 0 Å². The SMILES string of the molecule is CCN(C(=O)C(C)N1CCCC(C(C)O)C1)c1ccccc1. The number of nitrogens with zero attached hydrogens (tertiary/aromatic N) is 2. The summed E-state index contributed by atoms with van der Waals surface area (Å²) in [4.78, 5) is 16.9. The normalized spacial score (nSPS) is 22.1. The number of likely N-dealkylation sites (tertiary alicyclic amines) is 1. The molecule has 1 aliphatic heterocycles. The minimum Gasteiger partial charge on any atom is -0.393 e. The molecule has 0 bridgehead atoms. The van der Waals surface area contributed by atoms with E-state index in [-0.39, 0.29) is 24.0 Å². The van der Waals surface area contributed by atoms with Crippen LogP contribution in [0.2, 0.25) is 0 Å². The highest BCUT2D eigenvalue weighted by molar-refractivity contribution is 5.96. The fraction of sp³-hybridized carbons (Fsp3) is 0.611. The standard InChI is InChI=1S/C18H28N2O2/c1-4-20(17-10-6-5-7-11-17)18(22)14(2)19-12-8-9-16(13-19)15(3)21/h5-7,10-11,14-16,21H,4,8-9,12-13H2,1-3H3. The second-order valence-electron chi connectivity index (χ2n) is 6.23. The molecule has 1 aromatic carbocycles. The third-order valence-electron chi connectivity index (χ3n) is 4.73. The van der Waals surface area contributed by atoms with Crippen molar-refractivity contribution < 1.29 is 9.90 Å². The van der Waals surface area contributed by atoms with Gasteiger partial charge < -0.3 is 10.0 Å². The van der Waals surface area contributed by atoms with Crippen molar-refractivity contribution in [2.75, 3.05) is 24.5 Å². The molecule has 1 fully saturated rings. The minimum absolute atomic E-state index is 0.139. The summed E-state index contributed by atoms with van der Waals surface area (Å²) in [6.45, 7) is 8.24. The van der Waals surface area contributed by atoms with Crippen LogP contribution < -0.4 is 4.90 Å². The van der Waals surface area contributed by atoms with Gasteiger partial charge >= 0.3 is 0 Å². The third-order valence-corrected chi connectivity index (χ3v) is 4.73. The van der Waals surface area contributed by atoms with Crippen molar-refractivity contribution in [2.24, 2.45) is 5.92 Å². The lowest BCUT2D eigenvalue weighted by atomic mass is 9.92. The maximum Gasteiger partial charge on any atom is 0.244 e. The molecule has 4 heteroatoms. The van der Waals surface area contributed by atoms with E-state index in [4.69, 9.17) is 0 Å². The molecular weight excluding hydrogens is 276 g/mol. The van der Waals surface area contributed by atoms with Crippen LogP contribution in [0.3, 0.4) is 0 Å². The van der Waals surface area contributed by atoms with Crippen LogP contribution in [-0.2, 0) is 4.79 Å². The zero-order chi connectivity index (χ0) is 16.1. The number of aliphatic hydroxyl groups excluding tert-OH is 1. The van der Waals surface area contributed by atoms with Crippen LogP contribution in [0.1, 0.15) is 33.6 Å². The molecular formula is C18H28N2O2. The van der Waals surface area contributed by atoms with Crippen molar-refractivity contribution in [3.8, 4) is 0 Å². The Morgan fingerprint density at radius 1 is 1.36 bits per heavy atom. The van der Waals surface area contributed by atoms with Gasteiger partial charge in [-0.2, -0.15) is 0 Å². The molecule has 3 unspecified atom stereocenters. The molecule has 4 nitrogen and oxygen atoms in total. The van der Waals surface area contributed by atoms with Gasteiger partial charge in [-0.05, 0) is 58.2 Å². The second-order valence-corrected chi connectivity index (χ2v) is 6.23. The number of amides is 1. The molecule has 1 N–H and O–H groups in total. The highest BCUT2D eigenvalue weighted by atomic mass is 16.3. The summed E-state index contributed by atoms with van der Waals surface area (Å²) >= 11 is 0. The minimum atomic E-state index is -0.304. The van der Waals surface area contributed by atoms with Crippen LogP contribution in [0, 0.1) is 5.92 Å². The lowest BCUT2D eigenvalue weighted by molar-refractivity contribution is -0.124. The van der Waals surface area contributed by atoms with E-state index in [1.165, 1.54) is 0 Å². The van der Waals surface area contributed by atoms with Crippen molar-refractivity contribution in [1.82, 2.24) is 4.90 Å². The first-order valence-electron chi connectivity index (χ1n) is 8.33. The first-order chi connectivity index (χ1) is 10.5. The Kier molecular flexibility index (Phi) is 5.98. The smallest absolute Gasteiger partial charge is 0.244 e. The molecule has 0 saturated carbocycles. The number of hydrogen-bond donors (Lipinski definition) is 1. The van der Waals surface area contributed by atoms with Crippen LogP contribution in [0.4, 0.5) is 5.69 Å². The Morgan fingerprint density at radius 3 is 2.64 bits per heavy atom. The van der Waals surface area contributed by atoms with Crippen LogP contribution in [0.15, 0.2) is 30.3 Å². The summed E-state index contributed by atoms with van der Waals surface area (Å²) in [5.41, 5.74) is 0.950. The number of likely N-dealkylation sites (N-methyl/N-ethyl adjacent to an activating group) is 1. The molecule has 3 atom stereocenters. The molecule has 1 amide bonds. The van der Waals surface area contributed by atoms with Crippen LogP contribution in [0.25, 0.3) is 0 Å². The third kappa shape index (κ3) is 3.87. The average Bonchev–Trinajstić information content (AvgIpc) is 2.55. The average molecular weight is 304 g/mol. The van der Waals surface area contributed by atoms with Crippen LogP contribution in [0.5, 0.6) is 0 Å². The number of carbonyl (C=O) groups excluding carboxylic acids is 1. The first-order valence-corrected chi connectivity index (χ1v) is 8.33. The van der Waals surface area contributed by atoms with Crippen LogP contribution >= 0.6 is 0 Å². The van der Waals surface area contributed by atoms with E-state index in [1.807, 2.05) is 56.0 Å².